The van der Waals surface area contributed by atoms with Gasteiger partial charge < -0.3 is 20.7 Å². The van der Waals surface area contributed by atoms with Gasteiger partial charge in [0.15, 0.2) is 6.04 Å². The first-order valence-electron chi connectivity index (χ1n) is 9.30. The molecule has 3 N–H and O–H groups in total. The van der Waals surface area contributed by atoms with Crippen molar-refractivity contribution in [1.29, 1.82) is 0 Å². The Morgan fingerprint density at radius 3 is 2.07 bits per heavy atom. The van der Waals surface area contributed by atoms with E-state index >= 15 is 0 Å². The van der Waals surface area contributed by atoms with Gasteiger partial charge in [0.2, 0.25) is 11.8 Å². The van der Waals surface area contributed by atoms with E-state index in [1.807, 2.05) is 5.32 Å². The van der Waals surface area contributed by atoms with E-state index in [0.29, 0.717) is 12.5 Å². The summed E-state index contributed by atoms with van der Waals surface area (Å²) in [5.41, 5.74) is 0. The number of unbranched alkanes of at least 4 members (excludes halogenated alkanes) is 2. The first-order valence-corrected chi connectivity index (χ1v) is 9.30. The Labute approximate surface area is 159 Å². The van der Waals surface area contributed by atoms with Gasteiger partial charge in [-0.2, -0.15) is 13.2 Å². The molecule has 0 aromatic heterocycles. The third-order valence-electron chi connectivity index (χ3n) is 4.05. The first-order chi connectivity index (χ1) is 12.5. The number of rotatable bonds is 13. The number of carbonyl (C=O) groups excluding carboxylic acids is 3. The van der Waals surface area contributed by atoms with Crippen molar-refractivity contribution in [3.05, 3.63) is 0 Å². The Morgan fingerprint density at radius 1 is 0.963 bits per heavy atom. The highest BCUT2D eigenvalue weighted by Crippen LogP contribution is 2.20. The van der Waals surface area contributed by atoms with Crippen LogP contribution in [-0.4, -0.2) is 49.5 Å². The third-order valence-corrected chi connectivity index (χ3v) is 4.05. The van der Waals surface area contributed by atoms with Crippen LogP contribution in [-0.2, 0) is 14.4 Å². The van der Waals surface area contributed by atoms with Crippen LogP contribution in [0.1, 0.15) is 59.3 Å². The van der Waals surface area contributed by atoms with Gasteiger partial charge in [0, 0.05) is 13.0 Å². The smallest absolute Gasteiger partial charge is 0.354 e. The van der Waals surface area contributed by atoms with Crippen molar-refractivity contribution in [3.8, 4) is 0 Å². The molecule has 0 aliphatic carbocycles. The van der Waals surface area contributed by atoms with E-state index in [2.05, 4.69) is 24.5 Å². The third kappa shape index (κ3) is 11.6. The summed E-state index contributed by atoms with van der Waals surface area (Å²) in [6, 6.07) is -3.60. The number of alkyl halides is 3. The molecule has 0 rings (SSSR count). The summed E-state index contributed by atoms with van der Waals surface area (Å²) >= 11 is 0. The average molecular weight is 395 g/mol. The van der Waals surface area contributed by atoms with Crippen molar-refractivity contribution in [2.45, 2.75) is 77.6 Å². The lowest BCUT2D eigenvalue weighted by Crippen LogP contribution is -2.57. The predicted octanol–water partition coefficient (Wildman–Crippen LogP) is 2.32. The SMILES string of the molecule is CNC(C(=O)NC(CCC(C)=O)C(=O)NCCCCCC(C)C)C(F)(F)F. The molecule has 0 saturated heterocycles. The molecule has 0 radical (unpaired) electrons. The number of likely N-dealkylation sites (N-methyl/N-ethyl adjacent to an activating group) is 1. The molecule has 0 heterocycles. The number of halogens is 3. The van der Waals surface area contributed by atoms with Crippen LogP contribution in [0, 0.1) is 5.92 Å². The molecule has 0 bridgehead atoms. The number of amides is 2. The van der Waals surface area contributed by atoms with Gasteiger partial charge in [0.05, 0.1) is 0 Å². The highest BCUT2D eigenvalue weighted by atomic mass is 19.4. The molecule has 0 spiro atoms. The van der Waals surface area contributed by atoms with Gasteiger partial charge in [-0.3, -0.25) is 9.59 Å². The lowest BCUT2D eigenvalue weighted by Gasteiger charge is -2.23. The zero-order chi connectivity index (χ0) is 21.0. The van der Waals surface area contributed by atoms with Gasteiger partial charge in [-0.25, -0.2) is 0 Å². The van der Waals surface area contributed by atoms with Crippen molar-refractivity contribution in [2.24, 2.45) is 5.92 Å². The molecule has 27 heavy (non-hydrogen) atoms. The largest absolute Gasteiger partial charge is 0.412 e. The summed E-state index contributed by atoms with van der Waals surface area (Å²) in [6.07, 6.45) is -1.04. The molecule has 2 amide bonds. The second-order valence-electron chi connectivity index (χ2n) is 7.10. The van der Waals surface area contributed by atoms with Gasteiger partial charge >= 0.3 is 6.18 Å². The van der Waals surface area contributed by atoms with E-state index in [1.165, 1.54) is 6.92 Å². The van der Waals surface area contributed by atoms with E-state index in [-0.39, 0.29) is 18.6 Å². The molecule has 2 atom stereocenters. The minimum absolute atomic E-state index is 0.0109. The van der Waals surface area contributed by atoms with E-state index in [4.69, 9.17) is 0 Å². The Hall–Kier alpha value is -1.64. The fourth-order valence-electron chi connectivity index (χ4n) is 2.50. The van der Waals surface area contributed by atoms with Crippen molar-refractivity contribution in [2.75, 3.05) is 13.6 Å². The summed E-state index contributed by atoms with van der Waals surface area (Å²) < 4.78 is 38.5. The van der Waals surface area contributed by atoms with E-state index in [1.54, 1.807) is 0 Å². The van der Waals surface area contributed by atoms with Crippen LogP contribution in [0.2, 0.25) is 0 Å². The second kappa shape index (κ2) is 12.7. The highest BCUT2D eigenvalue weighted by molar-refractivity contribution is 5.90. The Kier molecular flexibility index (Phi) is 11.9. The average Bonchev–Trinajstić information content (AvgIpc) is 2.53. The summed E-state index contributed by atoms with van der Waals surface area (Å²) in [7, 11) is 1.01. The summed E-state index contributed by atoms with van der Waals surface area (Å²) in [6.45, 7) is 5.95. The minimum atomic E-state index is -4.78. The van der Waals surface area contributed by atoms with Crippen LogP contribution in [0.5, 0.6) is 0 Å². The molecule has 0 fully saturated rings. The van der Waals surface area contributed by atoms with Crippen LogP contribution in [0.25, 0.3) is 0 Å². The van der Waals surface area contributed by atoms with Crippen LogP contribution in [0.3, 0.4) is 0 Å². The number of hydrogen-bond acceptors (Lipinski definition) is 4. The lowest BCUT2D eigenvalue weighted by atomic mass is 10.1. The van der Waals surface area contributed by atoms with Gasteiger partial charge in [0.25, 0.3) is 0 Å². The fraction of sp³-hybridized carbons (Fsp3) is 0.833. The Balaban J connectivity index is 4.67. The molecule has 0 aromatic rings. The van der Waals surface area contributed by atoms with Crippen LogP contribution in [0.4, 0.5) is 13.2 Å². The number of Topliss-reactive ketones (excluding diaryl/α,β-unsaturated/α-hetero) is 1. The van der Waals surface area contributed by atoms with Crippen molar-refractivity contribution >= 4 is 17.6 Å². The normalized spacial score (nSPS) is 13.9. The zero-order valence-corrected chi connectivity index (χ0v) is 16.5. The quantitative estimate of drug-likeness (QED) is 0.418. The predicted molar refractivity (Wildman–Crippen MR) is 97.1 cm³/mol. The molecule has 2 unspecified atom stereocenters. The number of carbonyl (C=O) groups is 3. The Bertz CT molecular complexity index is 482. The number of ketones is 1. The van der Waals surface area contributed by atoms with Gasteiger partial charge in [-0.15, -0.1) is 0 Å². The van der Waals surface area contributed by atoms with Crippen LogP contribution < -0.4 is 16.0 Å². The minimum Gasteiger partial charge on any atom is -0.354 e. The molecule has 0 saturated carbocycles. The van der Waals surface area contributed by atoms with Crippen LogP contribution in [0.15, 0.2) is 0 Å². The molecule has 0 aliphatic heterocycles. The number of hydrogen-bond donors (Lipinski definition) is 3. The van der Waals surface area contributed by atoms with Crippen molar-refractivity contribution in [3.63, 3.8) is 0 Å². The topological polar surface area (TPSA) is 87.3 Å². The summed E-state index contributed by atoms with van der Waals surface area (Å²) in [5.74, 6) is -1.52. The molecule has 0 aliphatic rings. The zero-order valence-electron chi connectivity index (χ0n) is 16.5. The monoisotopic (exact) mass is 395 g/mol. The molecular weight excluding hydrogens is 363 g/mol. The maximum Gasteiger partial charge on any atom is 0.412 e. The second-order valence-corrected chi connectivity index (χ2v) is 7.10. The van der Waals surface area contributed by atoms with Crippen molar-refractivity contribution < 1.29 is 27.6 Å². The molecular formula is C18H32F3N3O3. The lowest BCUT2D eigenvalue weighted by molar-refractivity contribution is -0.168. The summed E-state index contributed by atoms with van der Waals surface area (Å²) in [4.78, 5) is 35.3. The molecule has 0 aromatic carbocycles. The molecule has 6 nitrogen and oxygen atoms in total. The highest BCUT2D eigenvalue weighted by Gasteiger charge is 2.44. The molecule has 158 valence electrons. The maximum atomic E-state index is 12.8. The Morgan fingerprint density at radius 2 is 1.59 bits per heavy atom. The van der Waals surface area contributed by atoms with Gasteiger partial charge in [-0.1, -0.05) is 33.1 Å². The first kappa shape index (κ1) is 25.4. The van der Waals surface area contributed by atoms with Crippen molar-refractivity contribution in [1.82, 2.24) is 16.0 Å². The number of nitrogens with one attached hydrogen (secondary N) is 3. The van der Waals surface area contributed by atoms with E-state index in [9.17, 15) is 27.6 Å². The van der Waals surface area contributed by atoms with E-state index in [0.717, 1.165) is 32.7 Å². The van der Waals surface area contributed by atoms with Crippen LogP contribution >= 0.6 is 0 Å². The fourth-order valence-corrected chi connectivity index (χ4v) is 2.50. The van der Waals surface area contributed by atoms with Gasteiger partial charge in [-0.05, 0) is 32.7 Å². The van der Waals surface area contributed by atoms with E-state index < -0.39 is 30.1 Å². The van der Waals surface area contributed by atoms with Gasteiger partial charge in [0.1, 0.15) is 11.8 Å². The summed E-state index contributed by atoms with van der Waals surface area (Å²) in [5, 5.41) is 6.63. The molecule has 9 heteroatoms. The maximum absolute atomic E-state index is 12.8. The standard InChI is InChI=1S/C18H32F3N3O3/c1-12(2)8-6-5-7-11-23-16(26)14(10-9-13(3)25)24-17(27)15(22-4)18(19,20)21/h12,14-15,22H,5-11H2,1-4H3,(H,23,26)(H,24,27).